The van der Waals surface area contributed by atoms with E-state index in [9.17, 15) is 22.8 Å². The average Bonchev–Trinajstić information content (AvgIpc) is 2.95. The number of halogens is 1. The molecule has 3 heterocycles. The molecule has 1 unspecified atom stereocenters. The summed E-state index contributed by atoms with van der Waals surface area (Å²) in [7, 11) is -2.11. The summed E-state index contributed by atoms with van der Waals surface area (Å²) in [5.41, 5.74) is 2.33. The lowest BCUT2D eigenvalue weighted by atomic mass is 9.99. The minimum atomic E-state index is -3.74. The summed E-state index contributed by atoms with van der Waals surface area (Å²) in [5.74, 6) is -1.28. The van der Waals surface area contributed by atoms with E-state index in [4.69, 9.17) is 0 Å². The minimum Gasteiger partial charge on any atom is -0.368 e. The molecule has 3 aromatic carbocycles. The minimum absolute atomic E-state index is 0.0232. The summed E-state index contributed by atoms with van der Waals surface area (Å²) in [6, 6.07) is 10.6. The molecule has 2 aliphatic heterocycles. The number of carbonyl (C=O) groups is 2. The number of hydrogen-bond acceptors (Lipinski definition) is 7. The van der Waals surface area contributed by atoms with Crippen molar-refractivity contribution in [2.45, 2.75) is 50.0 Å². The van der Waals surface area contributed by atoms with Crippen LogP contribution in [0.4, 0.5) is 20.6 Å². The van der Waals surface area contributed by atoms with E-state index in [-0.39, 0.29) is 40.1 Å². The number of sulfone groups is 1. The Morgan fingerprint density at radius 2 is 1.81 bits per heavy atom. The van der Waals surface area contributed by atoms with Crippen molar-refractivity contribution >= 4 is 44.1 Å². The van der Waals surface area contributed by atoms with Gasteiger partial charge in [0.05, 0.1) is 33.1 Å². The first-order chi connectivity index (χ1) is 20.3. The van der Waals surface area contributed by atoms with Crippen LogP contribution in [0.25, 0.3) is 10.9 Å². The summed E-state index contributed by atoms with van der Waals surface area (Å²) in [6.07, 6.45) is 1.18. The summed E-state index contributed by atoms with van der Waals surface area (Å²) in [6.45, 7) is 5.01. The van der Waals surface area contributed by atoms with E-state index in [1.807, 2.05) is 6.92 Å². The van der Waals surface area contributed by atoms with Gasteiger partial charge in [-0.1, -0.05) is 18.2 Å². The summed E-state index contributed by atoms with van der Waals surface area (Å²) in [4.78, 5) is 47.1. The van der Waals surface area contributed by atoms with E-state index in [1.165, 1.54) is 35.5 Å². The van der Waals surface area contributed by atoms with Crippen LogP contribution in [-0.4, -0.2) is 47.5 Å². The van der Waals surface area contributed by atoms with Crippen LogP contribution >= 0.6 is 0 Å². The SMILES string of the molecule is Cc1cc2ccc1CN(C)C(=O)Nc1ccc(S(=O)(=O)C(C)C)c(c1)CNC(=O)C2Nc1cc2c(=O)[nH]cnc2cc1F. The zero-order valence-corrected chi connectivity index (χ0v) is 24.8. The van der Waals surface area contributed by atoms with E-state index in [0.29, 0.717) is 11.3 Å². The molecule has 0 spiro atoms. The highest BCUT2D eigenvalue weighted by molar-refractivity contribution is 7.92. The van der Waals surface area contributed by atoms with Crippen molar-refractivity contribution in [1.29, 1.82) is 0 Å². The largest absolute Gasteiger partial charge is 0.368 e. The van der Waals surface area contributed by atoms with E-state index in [0.717, 1.165) is 17.2 Å². The fourth-order valence-electron chi connectivity index (χ4n) is 4.89. The monoisotopic (exact) mass is 606 g/mol. The Morgan fingerprint density at radius 1 is 1.05 bits per heavy atom. The summed E-state index contributed by atoms with van der Waals surface area (Å²) in [5, 5.41) is 7.92. The van der Waals surface area contributed by atoms with Crippen molar-refractivity contribution in [1.82, 2.24) is 20.2 Å². The van der Waals surface area contributed by atoms with E-state index in [2.05, 4.69) is 25.9 Å². The standard InChI is InChI=1S/C30H31FN6O5S/c1-16(2)43(41,42)26-8-7-21-10-20(26)13-32-29(39)27(18-5-6-19(17(3)9-18)14-37(4)30(40)35-21)36-25-11-22-24(12-23(25)31)33-15-34-28(22)38/h5-12,15-16,27,36H,13-14H2,1-4H3,(H,32,39)(H,35,40)(H,33,34,38). The zero-order chi connectivity index (χ0) is 31.1. The molecule has 1 atom stereocenters. The Bertz CT molecular complexity index is 1920. The second-order valence-electron chi connectivity index (χ2n) is 10.8. The van der Waals surface area contributed by atoms with E-state index in [1.54, 1.807) is 39.1 Å². The Balaban J connectivity index is 1.61. The lowest BCUT2D eigenvalue weighted by Gasteiger charge is -2.23. The normalized spacial score (nSPS) is 16.0. The molecule has 11 nitrogen and oxygen atoms in total. The van der Waals surface area contributed by atoms with Gasteiger partial charge < -0.3 is 25.8 Å². The number of amides is 3. The smallest absolute Gasteiger partial charge is 0.321 e. The molecule has 0 saturated heterocycles. The van der Waals surface area contributed by atoms with Gasteiger partial charge in [0, 0.05) is 31.9 Å². The first-order valence-corrected chi connectivity index (χ1v) is 15.1. The second-order valence-corrected chi connectivity index (χ2v) is 13.2. The molecule has 0 aliphatic carbocycles. The highest BCUT2D eigenvalue weighted by Gasteiger charge is 2.27. The van der Waals surface area contributed by atoms with Crippen LogP contribution in [0.5, 0.6) is 0 Å². The van der Waals surface area contributed by atoms with Crippen LogP contribution in [0.3, 0.4) is 0 Å². The number of nitrogens with zero attached hydrogens (tertiary/aromatic N) is 2. The van der Waals surface area contributed by atoms with Crippen LogP contribution in [0, 0.1) is 12.7 Å². The Kier molecular flexibility index (Phi) is 7.93. The van der Waals surface area contributed by atoms with Gasteiger partial charge in [-0.05, 0) is 67.3 Å². The van der Waals surface area contributed by atoms with Gasteiger partial charge in [-0.3, -0.25) is 9.59 Å². The zero-order valence-electron chi connectivity index (χ0n) is 24.0. The van der Waals surface area contributed by atoms with E-state index < -0.39 is 44.4 Å². The van der Waals surface area contributed by atoms with E-state index >= 15 is 4.39 Å². The van der Waals surface area contributed by atoms with Gasteiger partial charge in [0.2, 0.25) is 5.91 Å². The fourth-order valence-corrected chi connectivity index (χ4v) is 6.15. The molecule has 4 bridgehead atoms. The Morgan fingerprint density at radius 3 is 2.53 bits per heavy atom. The van der Waals surface area contributed by atoms with Crippen molar-refractivity contribution in [2.75, 3.05) is 17.7 Å². The molecule has 43 heavy (non-hydrogen) atoms. The molecule has 0 fully saturated rings. The third kappa shape index (κ3) is 5.93. The second kappa shape index (κ2) is 11.5. The van der Waals surface area contributed by atoms with Crippen LogP contribution in [0.15, 0.2) is 64.5 Å². The number of rotatable bonds is 4. The number of urea groups is 1. The first kappa shape index (κ1) is 29.7. The molecular formula is C30H31FN6O5S. The predicted molar refractivity (Wildman–Crippen MR) is 161 cm³/mol. The van der Waals surface area contributed by atoms with Gasteiger partial charge in [-0.15, -0.1) is 0 Å². The van der Waals surface area contributed by atoms with Gasteiger partial charge in [-0.25, -0.2) is 22.6 Å². The molecule has 0 saturated carbocycles. The van der Waals surface area contributed by atoms with Crippen molar-refractivity contribution in [3.63, 3.8) is 0 Å². The number of aromatic amines is 1. The van der Waals surface area contributed by atoms with Gasteiger partial charge in [0.1, 0.15) is 11.9 Å². The number of carbonyl (C=O) groups excluding carboxylic acids is 2. The molecule has 1 aromatic heterocycles. The maximum absolute atomic E-state index is 15.2. The van der Waals surface area contributed by atoms with Crippen molar-refractivity contribution < 1.29 is 22.4 Å². The van der Waals surface area contributed by atoms with Crippen molar-refractivity contribution in [3.8, 4) is 0 Å². The average molecular weight is 607 g/mol. The molecule has 4 aromatic rings. The number of hydrogen-bond donors (Lipinski definition) is 4. The number of benzene rings is 3. The fraction of sp³-hybridized carbons (Fsp3) is 0.267. The first-order valence-electron chi connectivity index (χ1n) is 13.5. The van der Waals surface area contributed by atoms with Crippen molar-refractivity contribution in [3.05, 3.63) is 93.3 Å². The lowest BCUT2D eigenvalue weighted by Crippen LogP contribution is -2.34. The predicted octanol–water partition coefficient (Wildman–Crippen LogP) is 4.00. The molecule has 3 amide bonds. The molecule has 6 rings (SSSR count). The molecule has 224 valence electrons. The molecule has 4 N–H and O–H groups in total. The molecule has 0 radical (unpaired) electrons. The number of aryl methyl sites for hydroxylation is 1. The number of nitrogens with one attached hydrogen (secondary N) is 4. The third-order valence-electron chi connectivity index (χ3n) is 7.44. The Labute approximate surface area is 247 Å². The highest BCUT2D eigenvalue weighted by atomic mass is 32.2. The molecule has 2 aliphatic rings. The van der Waals surface area contributed by atoms with Crippen LogP contribution in [-0.2, 0) is 27.7 Å². The number of anilines is 2. The molecule has 13 heteroatoms. The number of fused-ring (bicyclic) bond motifs is 9. The van der Waals surface area contributed by atoms with Gasteiger partial charge in [0.15, 0.2) is 9.84 Å². The summed E-state index contributed by atoms with van der Waals surface area (Å²) >= 11 is 0. The quantitative estimate of drug-likeness (QED) is 0.274. The van der Waals surface area contributed by atoms with Gasteiger partial charge >= 0.3 is 6.03 Å². The van der Waals surface area contributed by atoms with Gasteiger partial charge in [0.25, 0.3) is 5.56 Å². The van der Waals surface area contributed by atoms with Crippen molar-refractivity contribution in [2.24, 2.45) is 0 Å². The summed E-state index contributed by atoms with van der Waals surface area (Å²) < 4.78 is 41.5. The Hall–Kier alpha value is -4.78. The van der Waals surface area contributed by atoms with Gasteiger partial charge in [-0.2, -0.15) is 0 Å². The lowest BCUT2D eigenvalue weighted by molar-refractivity contribution is -0.122. The van der Waals surface area contributed by atoms with Crippen LogP contribution < -0.4 is 21.5 Å². The van der Waals surface area contributed by atoms with Crippen LogP contribution in [0.1, 0.15) is 42.1 Å². The molecular weight excluding hydrogens is 575 g/mol. The highest BCUT2D eigenvalue weighted by Crippen LogP contribution is 2.29. The number of H-pyrrole nitrogens is 1. The third-order valence-corrected chi connectivity index (χ3v) is 9.69. The maximum Gasteiger partial charge on any atom is 0.321 e. The van der Waals surface area contributed by atoms with Crippen LogP contribution in [0.2, 0.25) is 0 Å². The maximum atomic E-state index is 15.2. The topological polar surface area (TPSA) is 153 Å². The number of aromatic nitrogens is 2.